The molecule has 6 heteroatoms. The smallest absolute Gasteiger partial charge is 0.228 e. The van der Waals surface area contributed by atoms with Crippen LogP contribution in [0.5, 0.6) is 0 Å². The second-order valence-electron chi connectivity index (χ2n) is 4.91. The van der Waals surface area contributed by atoms with Crippen LogP contribution in [0.3, 0.4) is 0 Å². The van der Waals surface area contributed by atoms with Crippen molar-refractivity contribution in [3.05, 3.63) is 47.8 Å². The monoisotopic (exact) mass is 282 g/mol. The van der Waals surface area contributed by atoms with Crippen molar-refractivity contribution in [3.8, 4) is 0 Å². The first kappa shape index (κ1) is 13.4. The molecule has 2 heterocycles. The summed E-state index contributed by atoms with van der Waals surface area (Å²) in [6.45, 7) is 2.90. The predicted molar refractivity (Wildman–Crippen MR) is 83.7 cm³/mol. The highest BCUT2D eigenvalue weighted by Gasteiger charge is 2.08. The molecule has 0 saturated heterocycles. The minimum atomic E-state index is 0.703. The van der Waals surface area contributed by atoms with Crippen LogP contribution >= 0.6 is 0 Å². The van der Waals surface area contributed by atoms with Crippen molar-refractivity contribution in [2.24, 2.45) is 0 Å². The fraction of sp³-hybridized carbons (Fsp3) is 0.267. The van der Waals surface area contributed by atoms with E-state index in [0.29, 0.717) is 5.95 Å². The van der Waals surface area contributed by atoms with Crippen LogP contribution in [0.25, 0.3) is 5.65 Å². The molecule has 0 aliphatic rings. The first-order valence-corrected chi connectivity index (χ1v) is 6.95. The Morgan fingerprint density at radius 2 is 1.95 bits per heavy atom. The molecule has 6 nitrogen and oxygen atoms in total. The van der Waals surface area contributed by atoms with E-state index in [0.717, 1.165) is 24.4 Å². The molecule has 0 aliphatic heterocycles. The zero-order valence-electron chi connectivity index (χ0n) is 12.2. The van der Waals surface area contributed by atoms with Crippen molar-refractivity contribution < 1.29 is 0 Å². The third-order valence-electron chi connectivity index (χ3n) is 3.38. The Kier molecular flexibility index (Phi) is 3.68. The predicted octanol–water partition coefficient (Wildman–Crippen LogP) is 2.13. The molecule has 108 valence electrons. The highest BCUT2D eigenvalue weighted by Crippen LogP contribution is 2.14. The Morgan fingerprint density at radius 3 is 2.71 bits per heavy atom. The fourth-order valence-corrected chi connectivity index (χ4v) is 2.20. The van der Waals surface area contributed by atoms with Crippen molar-refractivity contribution in [3.63, 3.8) is 0 Å². The summed E-state index contributed by atoms with van der Waals surface area (Å²) in [6, 6.07) is 8.57. The number of benzene rings is 1. The molecule has 3 aromatic rings. The van der Waals surface area contributed by atoms with Crippen LogP contribution in [0, 0.1) is 6.92 Å². The van der Waals surface area contributed by atoms with Crippen LogP contribution in [-0.4, -0.2) is 33.2 Å². The van der Waals surface area contributed by atoms with Gasteiger partial charge in [-0.15, -0.1) is 10.2 Å². The minimum absolute atomic E-state index is 0.703. The summed E-state index contributed by atoms with van der Waals surface area (Å²) in [4.78, 5) is 4.34. The van der Waals surface area contributed by atoms with Gasteiger partial charge in [-0.05, 0) is 18.9 Å². The Morgan fingerprint density at radius 1 is 1.14 bits per heavy atom. The lowest BCUT2D eigenvalue weighted by molar-refractivity contribution is 0.997. The molecule has 0 spiro atoms. The molecular weight excluding hydrogens is 264 g/mol. The largest absolute Gasteiger partial charge is 0.367 e. The summed E-state index contributed by atoms with van der Waals surface area (Å²) in [5.41, 5.74) is 3.31. The van der Waals surface area contributed by atoms with Gasteiger partial charge in [-0.1, -0.05) is 29.8 Å². The van der Waals surface area contributed by atoms with Crippen LogP contribution in [0.4, 0.5) is 11.8 Å². The molecule has 0 unspecified atom stereocenters. The van der Waals surface area contributed by atoms with E-state index >= 15 is 0 Å². The zero-order chi connectivity index (χ0) is 14.7. The van der Waals surface area contributed by atoms with Gasteiger partial charge in [-0.25, -0.2) is 4.98 Å². The summed E-state index contributed by atoms with van der Waals surface area (Å²) in [5, 5.41) is 14.5. The van der Waals surface area contributed by atoms with Gasteiger partial charge in [-0.2, -0.15) is 0 Å². The van der Waals surface area contributed by atoms with Gasteiger partial charge in [-0.3, -0.25) is 4.40 Å². The van der Waals surface area contributed by atoms with E-state index in [-0.39, 0.29) is 0 Å². The van der Waals surface area contributed by atoms with Crippen LogP contribution < -0.4 is 10.6 Å². The van der Waals surface area contributed by atoms with E-state index in [1.54, 1.807) is 6.20 Å². The van der Waals surface area contributed by atoms with E-state index in [9.17, 15) is 0 Å². The molecule has 0 saturated carbocycles. The first-order valence-electron chi connectivity index (χ1n) is 6.95. The quantitative estimate of drug-likeness (QED) is 0.750. The van der Waals surface area contributed by atoms with Gasteiger partial charge in [0.2, 0.25) is 11.6 Å². The van der Waals surface area contributed by atoms with E-state index < -0.39 is 0 Å². The topological polar surface area (TPSA) is 67.1 Å². The Balaban J connectivity index is 1.70. The average molecular weight is 282 g/mol. The van der Waals surface area contributed by atoms with Crippen LogP contribution in [0.1, 0.15) is 11.1 Å². The number of hydrogen-bond donors (Lipinski definition) is 2. The summed E-state index contributed by atoms with van der Waals surface area (Å²) in [6.07, 6.45) is 4.52. The molecule has 2 aromatic heterocycles. The van der Waals surface area contributed by atoms with Gasteiger partial charge in [0.05, 0.1) is 0 Å². The third-order valence-corrected chi connectivity index (χ3v) is 3.38. The van der Waals surface area contributed by atoms with Gasteiger partial charge in [0.15, 0.2) is 5.82 Å². The number of aryl methyl sites for hydroxylation is 1. The standard InChI is InChI=1S/C15H18N6/c1-11-3-5-12(6-4-11)7-8-17-13-14-19-20-15(16-2)21(14)10-9-18-13/h3-6,9-10H,7-8H2,1-2H3,(H,16,20)(H,17,18). The molecular formula is C15H18N6. The highest BCUT2D eigenvalue weighted by molar-refractivity contribution is 5.64. The highest BCUT2D eigenvalue weighted by atomic mass is 15.3. The van der Waals surface area contributed by atoms with Crippen LogP contribution in [0.2, 0.25) is 0 Å². The van der Waals surface area contributed by atoms with Crippen LogP contribution in [0.15, 0.2) is 36.7 Å². The number of fused-ring (bicyclic) bond motifs is 1. The van der Waals surface area contributed by atoms with E-state index in [2.05, 4.69) is 57.0 Å². The van der Waals surface area contributed by atoms with Gasteiger partial charge >= 0.3 is 0 Å². The zero-order valence-corrected chi connectivity index (χ0v) is 12.2. The van der Waals surface area contributed by atoms with Crippen molar-refractivity contribution in [2.45, 2.75) is 13.3 Å². The molecule has 0 aliphatic carbocycles. The Labute approximate surface area is 123 Å². The number of rotatable bonds is 5. The van der Waals surface area contributed by atoms with Gasteiger partial charge in [0.25, 0.3) is 0 Å². The molecule has 0 fully saturated rings. The van der Waals surface area contributed by atoms with E-state index in [1.165, 1.54) is 11.1 Å². The molecule has 0 radical (unpaired) electrons. The van der Waals surface area contributed by atoms with E-state index in [1.807, 2.05) is 17.6 Å². The number of hydrogen-bond acceptors (Lipinski definition) is 5. The molecule has 2 N–H and O–H groups in total. The minimum Gasteiger partial charge on any atom is -0.367 e. The average Bonchev–Trinajstić information content (AvgIpc) is 2.93. The summed E-state index contributed by atoms with van der Waals surface area (Å²) in [5.74, 6) is 1.45. The second kappa shape index (κ2) is 5.78. The second-order valence-corrected chi connectivity index (χ2v) is 4.91. The fourth-order valence-electron chi connectivity index (χ4n) is 2.20. The normalized spacial score (nSPS) is 10.8. The maximum atomic E-state index is 4.34. The summed E-state index contributed by atoms with van der Waals surface area (Å²) < 4.78 is 1.88. The van der Waals surface area contributed by atoms with Crippen LogP contribution in [-0.2, 0) is 6.42 Å². The lowest BCUT2D eigenvalue weighted by Crippen LogP contribution is -2.08. The molecule has 21 heavy (non-hydrogen) atoms. The van der Waals surface area contributed by atoms with Crippen molar-refractivity contribution in [1.82, 2.24) is 19.6 Å². The maximum Gasteiger partial charge on any atom is 0.228 e. The Bertz CT molecular complexity index is 732. The molecule has 1 aromatic carbocycles. The molecule has 0 atom stereocenters. The maximum absolute atomic E-state index is 4.34. The molecule has 0 bridgehead atoms. The number of aromatic nitrogens is 4. The van der Waals surface area contributed by atoms with E-state index in [4.69, 9.17) is 0 Å². The SMILES string of the molecule is CNc1nnc2c(NCCc3ccc(C)cc3)nccn12. The van der Waals surface area contributed by atoms with Gasteiger partial charge in [0.1, 0.15) is 0 Å². The van der Waals surface area contributed by atoms with Crippen molar-refractivity contribution in [1.29, 1.82) is 0 Å². The van der Waals surface area contributed by atoms with Gasteiger partial charge < -0.3 is 10.6 Å². The summed E-state index contributed by atoms with van der Waals surface area (Å²) >= 11 is 0. The Hall–Kier alpha value is -2.63. The van der Waals surface area contributed by atoms with Crippen molar-refractivity contribution >= 4 is 17.4 Å². The summed E-state index contributed by atoms with van der Waals surface area (Å²) in [7, 11) is 1.82. The molecule has 0 amide bonds. The number of nitrogens with zero attached hydrogens (tertiary/aromatic N) is 4. The lowest BCUT2D eigenvalue weighted by Gasteiger charge is -2.07. The third kappa shape index (κ3) is 2.79. The number of nitrogens with one attached hydrogen (secondary N) is 2. The first-order chi connectivity index (χ1) is 10.3. The van der Waals surface area contributed by atoms with Crippen molar-refractivity contribution in [2.75, 3.05) is 24.2 Å². The molecule has 3 rings (SSSR count). The van der Waals surface area contributed by atoms with Gasteiger partial charge in [0, 0.05) is 26.0 Å². The lowest BCUT2D eigenvalue weighted by atomic mass is 10.1. The number of anilines is 2.